The zero-order chi connectivity index (χ0) is 12.4. The van der Waals surface area contributed by atoms with Gasteiger partial charge in [-0.3, -0.25) is 4.68 Å². The normalized spacial score (nSPS) is 10.6. The van der Waals surface area contributed by atoms with Crippen molar-refractivity contribution in [3.8, 4) is 0 Å². The van der Waals surface area contributed by atoms with Crippen molar-refractivity contribution in [2.45, 2.75) is 27.3 Å². The largest absolute Gasteiger partial charge is 0.308 e. The van der Waals surface area contributed by atoms with Gasteiger partial charge in [-0.05, 0) is 26.8 Å². The van der Waals surface area contributed by atoms with E-state index in [0.29, 0.717) is 18.2 Å². The SMILES string of the molecule is Cc1cc(NN)nc(Cn2nc(C)cc2C)n1. The van der Waals surface area contributed by atoms with Crippen LogP contribution in [0, 0.1) is 20.8 Å². The van der Waals surface area contributed by atoms with Gasteiger partial charge >= 0.3 is 0 Å². The Bertz CT molecular complexity index is 531. The number of hydrogen-bond acceptors (Lipinski definition) is 5. The molecule has 0 aliphatic carbocycles. The van der Waals surface area contributed by atoms with Gasteiger partial charge in [0.15, 0.2) is 5.82 Å². The van der Waals surface area contributed by atoms with Crippen LogP contribution < -0.4 is 11.3 Å². The second-order valence-corrected chi connectivity index (χ2v) is 4.04. The van der Waals surface area contributed by atoms with Gasteiger partial charge in [-0.25, -0.2) is 15.8 Å². The van der Waals surface area contributed by atoms with Crippen molar-refractivity contribution < 1.29 is 0 Å². The number of nitrogens with one attached hydrogen (secondary N) is 1. The fourth-order valence-corrected chi connectivity index (χ4v) is 1.74. The molecule has 0 radical (unpaired) electrons. The van der Waals surface area contributed by atoms with Crippen LogP contribution in [-0.2, 0) is 6.54 Å². The second-order valence-electron chi connectivity index (χ2n) is 4.04. The van der Waals surface area contributed by atoms with Crippen molar-refractivity contribution in [1.29, 1.82) is 0 Å². The Morgan fingerprint density at radius 3 is 2.53 bits per heavy atom. The minimum Gasteiger partial charge on any atom is -0.308 e. The molecule has 0 aliphatic heterocycles. The Balaban J connectivity index is 2.29. The quantitative estimate of drug-likeness (QED) is 0.607. The van der Waals surface area contributed by atoms with E-state index in [1.54, 1.807) is 6.07 Å². The van der Waals surface area contributed by atoms with E-state index in [9.17, 15) is 0 Å². The standard InChI is InChI=1S/C11H16N6/c1-7-5-10(15-12)14-11(13-7)6-17-9(3)4-8(2)16-17/h4-5H,6,12H2,1-3H3,(H,13,14,15). The first kappa shape index (κ1) is 11.5. The highest BCUT2D eigenvalue weighted by atomic mass is 15.3. The molecule has 0 spiro atoms. The van der Waals surface area contributed by atoms with Crippen LogP contribution in [0.3, 0.4) is 0 Å². The maximum absolute atomic E-state index is 5.35. The Labute approximate surface area is 99.9 Å². The van der Waals surface area contributed by atoms with Gasteiger partial charge in [0, 0.05) is 17.5 Å². The highest BCUT2D eigenvalue weighted by Crippen LogP contribution is 2.08. The number of hydrogen-bond donors (Lipinski definition) is 2. The predicted molar refractivity (Wildman–Crippen MR) is 65.4 cm³/mol. The van der Waals surface area contributed by atoms with E-state index < -0.39 is 0 Å². The van der Waals surface area contributed by atoms with Gasteiger partial charge in [-0.15, -0.1) is 0 Å². The molecule has 3 N–H and O–H groups in total. The van der Waals surface area contributed by atoms with Crippen LogP contribution in [0.2, 0.25) is 0 Å². The molecule has 0 fully saturated rings. The van der Waals surface area contributed by atoms with Gasteiger partial charge in [0.25, 0.3) is 0 Å². The first-order valence-electron chi connectivity index (χ1n) is 5.40. The van der Waals surface area contributed by atoms with Gasteiger partial charge < -0.3 is 5.43 Å². The zero-order valence-electron chi connectivity index (χ0n) is 10.2. The molecule has 6 heteroatoms. The summed E-state index contributed by atoms with van der Waals surface area (Å²) in [6, 6.07) is 3.82. The van der Waals surface area contributed by atoms with E-state index in [1.807, 2.05) is 31.5 Å². The number of aromatic nitrogens is 4. The average molecular weight is 232 g/mol. The van der Waals surface area contributed by atoms with E-state index in [0.717, 1.165) is 17.1 Å². The van der Waals surface area contributed by atoms with Crippen molar-refractivity contribution >= 4 is 5.82 Å². The van der Waals surface area contributed by atoms with Crippen molar-refractivity contribution in [2.75, 3.05) is 5.43 Å². The minimum atomic E-state index is 0.552. The topological polar surface area (TPSA) is 81.6 Å². The van der Waals surface area contributed by atoms with E-state index in [4.69, 9.17) is 5.84 Å². The number of hydrazine groups is 1. The van der Waals surface area contributed by atoms with Crippen molar-refractivity contribution in [3.63, 3.8) is 0 Å². The lowest BCUT2D eigenvalue weighted by molar-refractivity contribution is 0.630. The number of nitrogens with two attached hydrogens (primary N) is 1. The molecule has 6 nitrogen and oxygen atoms in total. The number of nitrogens with zero attached hydrogens (tertiary/aromatic N) is 4. The summed E-state index contributed by atoms with van der Waals surface area (Å²) in [4.78, 5) is 8.65. The molecule has 0 saturated heterocycles. The highest BCUT2D eigenvalue weighted by molar-refractivity contribution is 5.34. The van der Waals surface area contributed by atoms with Crippen LogP contribution in [0.15, 0.2) is 12.1 Å². The first-order chi connectivity index (χ1) is 8.08. The summed E-state index contributed by atoms with van der Waals surface area (Å²) in [7, 11) is 0. The molecule has 2 heterocycles. The molecule has 0 saturated carbocycles. The molecule has 2 aromatic heterocycles. The number of anilines is 1. The Morgan fingerprint density at radius 1 is 1.18 bits per heavy atom. The first-order valence-corrected chi connectivity index (χ1v) is 5.40. The third-order valence-corrected chi connectivity index (χ3v) is 2.44. The molecule has 0 aliphatic rings. The second kappa shape index (κ2) is 4.50. The van der Waals surface area contributed by atoms with E-state index >= 15 is 0 Å². The molecule has 2 rings (SSSR count). The van der Waals surface area contributed by atoms with Crippen molar-refractivity contribution in [1.82, 2.24) is 19.7 Å². The number of rotatable bonds is 3. The van der Waals surface area contributed by atoms with Gasteiger partial charge in [-0.2, -0.15) is 5.10 Å². The average Bonchev–Trinajstić information content (AvgIpc) is 2.56. The summed E-state index contributed by atoms with van der Waals surface area (Å²) in [6.07, 6.45) is 0. The van der Waals surface area contributed by atoms with E-state index in [1.165, 1.54) is 0 Å². The summed E-state index contributed by atoms with van der Waals surface area (Å²) in [5.41, 5.74) is 5.50. The van der Waals surface area contributed by atoms with Crippen LogP contribution >= 0.6 is 0 Å². The molecule has 0 atom stereocenters. The molecule has 0 unspecified atom stereocenters. The van der Waals surface area contributed by atoms with Gasteiger partial charge in [0.2, 0.25) is 0 Å². The minimum absolute atomic E-state index is 0.552. The van der Waals surface area contributed by atoms with Crippen LogP contribution in [0.4, 0.5) is 5.82 Å². The summed E-state index contributed by atoms with van der Waals surface area (Å²) < 4.78 is 1.88. The molecule has 0 aromatic carbocycles. The zero-order valence-corrected chi connectivity index (χ0v) is 10.2. The highest BCUT2D eigenvalue weighted by Gasteiger charge is 2.06. The lowest BCUT2D eigenvalue weighted by atomic mass is 10.4. The van der Waals surface area contributed by atoms with Crippen LogP contribution in [0.25, 0.3) is 0 Å². The van der Waals surface area contributed by atoms with Gasteiger partial charge in [0.05, 0.1) is 5.69 Å². The predicted octanol–water partition coefficient (Wildman–Crippen LogP) is 0.932. The van der Waals surface area contributed by atoms with E-state index in [2.05, 4.69) is 20.5 Å². The van der Waals surface area contributed by atoms with Crippen molar-refractivity contribution in [3.05, 3.63) is 35.0 Å². The molecular formula is C11H16N6. The molecule has 90 valence electrons. The van der Waals surface area contributed by atoms with E-state index in [-0.39, 0.29) is 0 Å². The third kappa shape index (κ3) is 2.59. The summed E-state index contributed by atoms with van der Waals surface area (Å²) in [5.74, 6) is 6.67. The van der Waals surface area contributed by atoms with Crippen LogP contribution in [0.5, 0.6) is 0 Å². The van der Waals surface area contributed by atoms with Crippen molar-refractivity contribution in [2.24, 2.45) is 5.84 Å². The number of nitrogen functional groups attached to an aromatic ring is 1. The van der Waals surface area contributed by atoms with Gasteiger partial charge in [0.1, 0.15) is 12.4 Å². The van der Waals surface area contributed by atoms with Crippen LogP contribution in [-0.4, -0.2) is 19.7 Å². The summed E-state index contributed by atoms with van der Waals surface area (Å²) in [5, 5.41) is 4.38. The maximum atomic E-state index is 5.35. The number of aryl methyl sites for hydroxylation is 3. The molecule has 0 amide bonds. The smallest absolute Gasteiger partial charge is 0.152 e. The summed E-state index contributed by atoms with van der Waals surface area (Å²) >= 11 is 0. The van der Waals surface area contributed by atoms with Gasteiger partial charge in [-0.1, -0.05) is 0 Å². The van der Waals surface area contributed by atoms with Crippen LogP contribution in [0.1, 0.15) is 22.9 Å². The monoisotopic (exact) mass is 232 g/mol. The summed E-state index contributed by atoms with van der Waals surface area (Å²) in [6.45, 7) is 6.44. The lowest BCUT2D eigenvalue weighted by Crippen LogP contribution is -2.13. The fraction of sp³-hybridized carbons (Fsp3) is 0.364. The maximum Gasteiger partial charge on any atom is 0.152 e. The Hall–Kier alpha value is -1.95. The Kier molecular flexibility index (Phi) is 3.06. The molecule has 0 bridgehead atoms. The third-order valence-electron chi connectivity index (χ3n) is 2.44. The fourth-order valence-electron chi connectivity index (χ4n) is 1.74. The molecular weight excluding hydrogens is 216 g/mol. The Morgan fingerprint density at radius 2 is 1.94 bits per heavy atom. The molecule has 2 aromatic rings. The lowest BCUT2D eigenvalue weighted by Gasteiger charge is -2.06. The molecule has 17 heavy (non-hydrogen) atoms.